The Morgan fingerprint density at radius 3 is 2.35 bits per heavy atom. The lowest BCUT2D eigenvalue weighted by Gasteiger charge is -2.16. The van der Waals surface area contributed by atoms with E-state index in [0.29, 0.717) is 10.7 Å². The molecule has 0 amide bonds. The van der Waals surface area contributed by atoms with Gasteiger partial charge in [0, 0.05) is 17.8 Å². The molecule has 0 N–H and O–H groups in total. The quantitative estimate of drug-likeness (QED) is 0.693. The SMILES string of the molecule is COP(=O)(c1ccccc1)c1ccc2ccccc2n1. The maximum Gasteiger partial charge on any atom is 0.278 e. The molecule has 2 aromatic carbocycles. The fourth-order valence-electron chi connectivity index (χ4n) is 2.17. The summed E-state index contributed by atoms with van der Waals surface area (Å²) in [4.78, 5) is 4.51. The molecule has 3 aromatic rings. The second-order valence-electron chi connectivity index (χ2n) is 4.43. The third kappa shape index (κ3) is 2.15. The van der Waals surface area contributed by atoms with Crippen LogP contribution in [0.15, 0.2) is 66.7 Å². The van der Waals surface area contributed by atoms with Crippen LogP contribution in [0.25, 0.3) is 10.9 Å². The van der Waals surface area contributed by atoms with E-state index >= 15 is 0 Å². The zero-order chi connectivity index (χ0) is 14.0. The van der Waals surface area contributed by atoms with Gasteiger partial charge in [-0.2, -0.15) is 0 Å². The Labute approximate surface area is 117 Å². The summed E-state index contributed by atoms with van der Waals surface area (Å²) in [6.45, 7) is 0. The van der Waals surface area contributed by atoms with Gasteiger partial charge in [0.1, 0.15) is 5.44 Å². The van der Waals surface area contributed by atoms with Crippen molar-refractivity contribution in [3.05, 3.63) is 66.7 Å². The van der Waals surface area contributed by atoms with Crippen molar-refractivity contribution in [2.75, 3.05) is 7.11 Å². The number of aromatic nitrogens is 1. The van der Waals surface area contributed by atoms with Crippen molar-refractivity contribution in [3.8, 4) is 0 Å². The van der Waals surface area contributed by atoms with Crippen molar-refractivity contribution in [1.29, 1.82) is 0 Å². The van der Waals surface area contributed by atoms with Gasteiger partial charge >= 0.3 is 0 Å². The Kier molecular flexibility index (Phi) is 3.39. The molecule has 0 bridgehead atoms. The van der Waals surface area contributed by atoms with Gasteiger partial charge in [-0.15, -0.1) is 0 Å². The van der Waals surface area contributed by atoms with Gasteiger partial charge in [0.05, 0.1) is 5.52 Å². The topological polar surface area (TPSA) is 39.2 Å². The Hall–Kier alpha value is -1.96. The van der Waals surface area contributed by atoms with Crippen LogP contribution in [0, 0.1) is 0 Å². The first kappa shape index (κ1) is 13.0. The Morgan fingerprint density at radius 2 is 1.60 bits per heavy atom. The summed E-state index contributed by atoms with van der Waals surface area (Å²) >= 11 is 0. The first-order chi connectivity index (χ1) is 9.74. The van der Waals surface area contributed by atoms with Crippen molar-refractivity contribution < 1.29 is 9.09 Å². The van der Waals surface area contributed by atoms with Gasteiger partial charge < -0.3 is 4.52 Å². The van der Waals surface area contributed by atoms with Crippen molar-refractivity contribution in [2.45, 2.75) is 0 Å². The minimum atomic E-state index is -3.12. The molecule has 0 spiro atoms. The number of hydrogen-bond acceptors (Lipinski definition) is 3. The van der Waals surface area contributed by atoms with Gasteiger partial charge in [-0.3, -0.25) is 4.57 Å². The number of rotatable bonds is 3. The van der Waals surface area contributed by atoms with Crippen molar-refractivity contribution in [1.82, 2.24) is 4.98 Å². The largest absolute Gasteiger partial charge is 0.324 e. The molecular weight excluding hydrogens is 269 g/mol. The lowest BCUT2D eigenvalue weighted by Crippen LogP contribution is -2.19. The zero-order valence-electron chi connectivity index (χ0n) is 11.1. The summed E-state index contributed by atoms with van der Waals surface area (Å²) < 4.78 is 18.5. The second-order valence-corrected chi connectivity index (χ2v) is 6.87. The molecule has 1 heterocycles. The molecule has 0 saturated carbocycles. The highest BCUT2D eigenvalue weighted by Gasteiger charge is 2.28. The van der Waals surface area contributed by atoms with E-state index < -0.39 is 7.37 Å². The lowest BCUT2D eigenvalue weighted by molar-refractivity contribution is 0.411. The van der Waals surface area contributed by atoms with Crippen LogP contribution in [0.5, 0.6) is 0 Å². The molecule has 1 aromatic heterocycles. The molecule has 0 aliphatic carbocycles. The zero-order valence-corrected chi connectivity index (χ0v) is 12.0. The Balaban J connectivity index is 2.19. The fraction of sp³-hybridized carbons (Fsp3) is 0.0625. The van der Waals surface area contributed by atoms with Crippen molar-refractivity contribution in [2.24, 2.45) is 0 Å². The van der Waals surface area contributed by atoms with E-state index in [2.05, 4.69) is 4.98 Å². The third-order valence-electron chi connectivity index (χ3n) is 3.24. The highest BCUT2D eigenvalue weighted by molar-refractivity contribution is 7.74. The summed E-state index contributed by atoms with van der Waals surface area (Å²) in [6.07, 6.45) is 0. The predicted octanol–water partition coefficient (Wildman–Crippen LogP) is 3.11. The van der Waals surface area contributed by atoms with Crippen LogP contribution in [0.3, 0.4) is 0 Å². The molecule has 20 heavy (non-hydrogen) atoms. The molecule has 1 unspecified atom stereocenters. The van der Waals surface area contributed by atoms with Crippen LogP contribution < -0.4 is 10.7 Å². The molecule has 0 aliphatic heterocycles. The molecule has 1 atom stereocenters. The highest BCUT2D eigenvalue weighted by Crippen LogP contribution is 2.42. The molecule has 0 aliphatic rings. The molecule has 0 fully saturated rings. The van der Waals surface area contributed by atoms with Crippen molar-refractivity contribution in [3.63, 3.8) is 0 Å². The monoisotopic (exact) mass is 283 g/mol. The standard InChI is InChI=1S/C16H14NO2P/c1-19-20(18,14-8-3-2-4-9-14)16-12-11-13-7-5-6-10-15(13)17-16/h2-12H,1H3. The van der Waals surface area contributed by atoms with E-state index in [1.165, 1.54) is 7.11 Å². The lowest BCUT2D eigenvalue weighted by atomic mass is 10.2. The number of para-hydroxylation sites is 1. The van der Waals surface area contributed by atoms with Crippen LogP contribution in [0.1, 0.15) is 0 Å². The molecule has 4 heteroatoms. The molecule has 3 rings (SSSR count). The van der Waals surface area contributed by atoms with Crippen molar-refractivity contribution >= 4 is 29.0 Å². The van der Waals surface area contributed by atoms with E-state index in [9.17, 15) is 4.57 Å². The van der Waals surface area contributed by atoms with Gasteiger partial charge in [-0.05, 0) is 24.3 Å². The van der Waals surface area contributed by atoms with Gasteiger partial charge in [0.15, 0.2) is 0 Å². The van der Waals surface area contributed by atoms with Crippen LogP contribution >= 0.6 is 7.37 Å². The number of fused-ring (bicyclic) bond motifs is 1. The van der Waals surface area contributed by atoms with Crippen LogP contribution in [0.4, 0.5) is 0 Å². The normalized spacial score (nSPS) is 14.1. The van der Waals surface area contributed by atoms with Crippen LogP contribution in [-0.4, -0.2) is 12.1 Å². The van der Waals surface area contributed by atoms with Gasteiger partial charge in [0.2, 0.25) is 0 Å². The number of nitrogens with zero attached hydrogens (tertiary/aromatic N) is 1. The Morgan fingerprint density at radius 1 is 0.900 bits per heavy atom. The summed E-state index contributed by atoms with van der Waals surface area (Å²) in [7, 11) is -1.66. The van der Waals surface area contributed by atoms with Crippen LogP contribution in [0.2, 0.25) is 0 Å². The highest BCUT2D eigenvalue weighted by atomic mass is 31.2. The maximum atomic E-state index is 13.1. The van der Waals surface area contributed by atoms with E-state index in [4.69, 9.17) is 4.52 Å². The molecule has 3 nitrogen and oxygen atoms in total. The number of hydrogen-bond donors (Lipinski definition) is 0. The van der Waals surface area contributed by atoms with Gasteiger partial charge in [0.25, 0.3) is 7.37 Å². The van der Waals surface area contributed by atoms with Crippen LogP contribution in [-0.2, 0) is 9.09 Å². The number of pyridine rings is 1. The fourth-order valence-corrected chi connectivity index (χ4v) is 3.91. The second kappa shape index (κ2) is 5.20. The van der Waals surface area contributed by atoms with E-state index in [1.54, 1.807) is 18.2 Å². The first-order valence-electron chi connectivity index (χ1n) is 6.32. The summed E-state index contributed by atoms with van der Waals surface area (Å²) in [5, 5.41) is 1.68. The number of benzene rings is 2. The Bertz CT molecular complexity index is 787. The smallest absolute Gasteiger partial charge is 0.278 e. The minimum Gasteiger partial charge on any atom is -0.324 e. The molecule has 0 radical (unpaired) electrons. The van der Waals surface area contributed by atoms with E-state index in [0.717, 1.165) is 10.9 Å². The summed E-state index contributed by atoms with van der Waals surface area (Å²) in [5.74, 6) is 0. The van der Waals surface area contributed by atoms with E-state index in [1.807, 2.05) is 48.5 Å². The van der Waals surface area contributed by atoms with E-state index in [-0.39, 0.29) is 0 Å². The summed E-state index contributed by atoms with van der Waals surface area (Å²) in [6, 6.07) is 20.7. The predicted molar refractivity (Wildman–Crippen MR) is 82.1 cm³/mol. The van der Waals surface area contributed by atoms with Gasteiger partial charge in [-0.1, -0.05) is 42.5 Å². The minimum absolute atomic E-state index is 0.477. The molecule has 100 valence electrons. The molecule has 0 saturated heterocycles. The maximum absolute atomic E-state index is 13.1. The third-order valence-corrected chi connectivity index (χ3v) is 5.58. The summed E-state index contributed by atoms with van der Waals surface area (Å²) in [5.41, 5.74) is 1.29. The average Bonchev–Trinajstić information content (AvgIpc) is 2.54. The molecular formula is C16H14NO2P. The average molecular weight is 283 g/mol. The first-order valence-corrected chi connectivity index (χ1v) is 7.94. The van der Waals surface area contributed by atoms with Gasteiger partial charge in [-0.25, -0.2) is 4.98 Å².